The number of amides is 1. The molecule has 2 heterocycles. The van der Waals surface area contributed by atoms with Gasteiger partial charge >= 0.3 is 0 Å². The lowest BCUT2D eigenvalue weighted by molar-refractivity contribution is -0.119. The van der Waals surface area contributed by atoms with Crippen LogP contribution in [0, 0.1) is 22.8 Å². The monoisotopic (exact) mass is 407 g/mol. The molecule has 0 spiro atoms. The van der Waals surface area contributed by atoms with Crippen molar-refractivity contribution in [2.24, 2.45) is 10.7 Å². The average Bonchev–Trinajstić information content (AvgIpc) is 2.71. The van der Waals surface area contributed by atoms with Crippen LogP contribution in [-0.4, -0.2) is 30.6 Å². The number of hydrogen-bond donors (Lipinski definition) is 5. The van der Waals surface area contributed by atoms with Crippen LogP contribution >= 0.6 is 0 Å². The maximum Gasteiger partial charge on any atom is 0.255 e. The quantitative estimate of drug-likeness (QED) is 0.329. The van der Waals surface area contributed by atoms with E-state index in [-0.39, 0.29) is 35.5 Å². The summed E-state index contributed by atoms with van der Waals surface area (Å²) in [5, 5.41) is 23.6. The number of anilines is 3. The van der Waals surface area contributed by atoms with Crippen molar-refractivity contribution < 1.29 is 14.3 Å². The molecule has 12 nitrogen and oxygen atoms in total. The fourth-order valence-corrected chi connectivity index (χ4v) is 2.94. The molecule has 0 saturated carbocycles. The number of rotatable bonds is 5. The van der Waals surface area contributed by atoms with E-state index < -0.39 is 11.9 Å². The average molecular weight is 407 g/mol. The van der Waals surface area contributed by atoms with Gasteiger partial charge in [-0.25, -0.2) is 9.98 Å². The number of nitrogen functional groups attached to an aromatic ring is 2. The number of aromatic nitrogens is 1. The van der Waals surface area contributed by atoms with Crippen molar-refractivity contribution in [2.45, 2.75) is 6.04 Å². The zero-order chi connectivity index (χ0) is 21.8. The van der Waals surface area contributed by atoms with Crippen LogP contribution in [0.1, 0.15) is 22.7 Å². The van der Waals surface area contributed by atoms with Gasteiger partial charge in [-0.3, -0.25) is 10.1 Å². The molecule has 1 unspecified atom stereocenters. The number of primary amides is 1. The largest absolute Gasteiger partial charge is 0.493 e. The number of pyridine rings is 1. The first kappa shape index (κ1) is 20.0. The Labute approximate surface area is 170 Å². The predicted molar refractivity (Wildman–Crippen MR) is 107 cm³/mol. The summed E-state index contributed by atoms with van der Waals surface area (Å²) >= 11 is 0. The summed E-state index contributed by atoms with van der Waals surface area (Å²) in [4.78, 5) is 19.6. The van der Waals surface area contributed by atoms with Crippen LogP contribution in [0.15, 0.2) is 23.2 Å². The highest BCUT2D eigenvalue weighted by Gasteiger charge is 2.30. The smallest absolute Gasteiger partial charge is 0.255 e. The number of methoxy groups -OCH3 is 1. The summed E-state index contributed by atoms with van der Waals surface area (Å²) in [7, 11) is 1.43. The number of carbonyl (C=O) groups is 1. The summed E-state index contributed by atoms with van der Waals surface area (Å²) < 4.78 is 10.7. The number of nitriles is 2. The maximum absolute atomic E-state index is 11.0. The van der Waals surface area contributed by atoms with Crippen LogP contribution < -0.4 is 37.3 Å². The first-order valence-electron chi connectivity index (χ1n) is 8.47. The van der Waals surface area contributed by atoms with Crippen molar-refractivity contribution in [1.29, 1.82) is 10.5 Å². The Morgan fingerprint density at radius 3 is 2.73 bits per heavy atom. The minimum atomic E-state index is -0.739. The zero-order valence-corrected chi connectivity index (χ0v) is 15.8. The number of ether oxygens (including phenoxy) is 2. The van der Waals surface area contributed by atoms with E-state index in [1.54, 1.807) is 24.4 Å². The number of carbonyl (C=O) groups excluding carboxylic acids is 1. The molecule has 1 atom stereocenters. The molecule has 0 saturated heterocycles. The van der Waals surface area contributed by atoms with Gasteiger partial charge in [0.2, 0.25) is 5.96 Å². The van der Waals surface area contributed by atoms with Gasteiger partial charge in [-0.05, 0) is 17.7 Å². The van der Waals surface area contributed by atoms with Crippen LogP contribution in [-0.2, 0) is 4.79 Å². The van der Waals surface area contributed by atoms with Gasteiger partial charge in [-0.1, -0.05) is 6.07 Å². The Bertz CT molecular complexity index is 1130. The van der Waals surface area contributed by atoms with E-state index in [1.165, 1.54) is 7.11 Å². The van der Waals surface area contributed by atoms with Gasteiger partial charge in [0.25, 0.3) is 5.91 Å². The third-order valence-electron chi connectivity index (χ3n) is 4.23. The highest BCUT2D eigenvalue weighted by molar-refractivity contribution is 5.98. The highest BCUT2D eigenvalue weighted by atomic mass is 16.5. The topological polar surface area (TPSA) is 210 Å². The molecule has 1 aromatic carbocycles. The normalized spacial score (nSPS) is 14.2. The van der Waals surface area contributed by atoms with E-state index in [0.717, 1.165) is 0 Å². The lowest BCUT2D eigenvalue weighted by atomic mass is 9.95. The number of hydrogen-bond acceptors (Lipinski definition) is 11. The van der Waals surface area contributed by atoms with Gasteiger partial charge < -0.3 is 32.0 Å². The Balaban J connectivity index is 2.14. The molecule has 0 fully saturated rings. The molecular formula is C18H17N9O3. The molecule has 30 heavy (non-hydrogen) atoms. The summed E-state index contributed by atoms with van der Waals surface area (Å²) in [6.07, 6.45) is 1.78. The Hall–Kier alpha value is -4.71. The van der Waals surface area contributed by atoms with Gasteiger partial charge in [0.05, 0.1) is 12.8 Å². The molecule has 0 radical (unpaired) electrons. The first-order valence-corrected chi connectivity index (χ1v) is 8.47. The number of guanidine groups is 1. The third kappa shape index (κ3) is 3.65. The van der Waals surface area contributed by atoms with Crippen LogP contribution in [0.4, 0.5) is 17.3 Å². The fourth-order valence-electron chi connectivity index (χ4n) is 2.94. The van der Waals surface area contributed by atoms with Crippen LogP contribution in [0.3, 0.4) is 0 Å². The first-order chi connectivity index (χ1) is 14.4. The number of fused-ring (bicyclic) bond motifs is 1. The van der Waals surface area contributed by atoms with Crippen molar-refractivity contribution in [1.82, 2.24) is 10.3 Å². The molecule has 152 valence electrons. The highest BCUT2D eigenvalue weighted by Crippen LogP contribution is 2.42. The van der Waals surface area contributed by atoms with E-state index in [4.69, 9.17) is 31.9 Å². The van der Waals surface area contributed by atoms with Gasteiger partial charge in [0.15, 0.2) is 24.3 Å². The number of nitrogens with two attached hydrogens (primary N) is 3. The van der Waals surface area contributed by atoms with E-state index >= 15 is 0 Å². The van der Waals surface area contributed by atoms with Crippen molar-refractivity contribution in [3.63, 3.8) is 0 Å². The van der Waals surface area contributed by atoms with Gasteiger partial charge in [-0.15, -0.1) is 0 Å². The molecule has 1 aliphatic rings. The number of aliphatic imine (C=N–C) groups is 1. The van der Waals surface area contributed by atoms with Crippen LogP contribution in [0.25, 0.3) is 0 Å². The molecule has 0 bridgehead atoms. The summed E-state index contributed by atoms with van der Waals surface area (Å²) in [6, 6.07) is 6.08. The second kappa shape index (κ2) is 8.12. The standard InChI is InChI=1S/C18H17N9O3/c1-29-11-4-8(2-3-10(11)30-6-12(21)28)15-13-14(22)9(5-19)16(23)26-17(13)27-18(25-15)24-7-20/h2-4,15H,6H2,1H3,(H2,21,28)(H6,22,23,24,25,26,27). The van der Waals surface area contributed by atoms with Gasteiger partial charge in [-0.2, -0.15) is 10.5 Å². The van der Waals surface area contributed by atoms with Gasteiger partial charge in [0, 0.05) is 5.56 Å². The molecule has 1 aliphatic heterocycles. The van der Waals surface area contributed by atoms with Crippen molar-refractivity contribution in [2.75, 3.05) is 30.5 Å². The number of benzene rings is 1. The van der Waals surface area contributed by atoms with E-state index in [2.05, 4.69) is 20.6 Å². The fraction of sp³-hybridized carbons (Fsp3) is 0.167. The number of nitrogens with one attached hydrogen (secondary N) is 2. The molecule has 1 aromatic heterocycles. The third-order valence-corrected chi connectivity index (χ3v) is 4.23. The minimum absolute atomic E-state index is 0.0285. The molecule has 3 rings (SSSR count). The van der Waals surface area contributed by atoms with E-state index in [0.29, 0.717) is 22.6 Å². The molecule has 1 amide bonds. The van der Waals surface area contributed by atoms with Gasteiger partial charge in [0.1, 0.15) is 29.3 Å². The number of nitrogens with zero attached hydrogens (tertiary/aromatic N) is 4. The molecular weight excluding hydrogens is 390 g/mol. The summed E-state index contributed by atoms with van der Waals surface area (Å²) in [6.45, 7) is -0.318. The summed E-state index contributed by atoms with van der Waals surface area (Å²) in [5.74, 6) is 0.321. The minimum Gasteiger partial charge on any atom is -0.493 e. The second-order valence-electron chi connectivity index (χ2n) is 6.07. The molecule has 0 aliphatic carbocycles. The van der Waals surface area contributed by atoms with E-state index in [9.17, 15) is 10.1 Å². The Morgan fingerprint density at radius 2 is 2.10 bits per heavy atom. The Morgan fingerprint density at radius 1 is 1.33 bits per heavy atom. The maximum atomic E-state index is 11.0. The van der Waals surface area contributed by atoms with Crippen LogP contribution in [0.5, 0.6) is 11.5 Å². The summed E-state index contributed by atoms with van der Waals surface area (Å²) in [5.41, 5.74) is 18.3. The lowest BCUT2D eigenvalue weighted by Crippen LogP contribution is -2.32. The molecule has 2 aromatic rings. The van der Waals surface area contributed by atoms with Crippen molar-refractivity contribution in [3.05, 3.63) is 34.9 Å². The lowest BCUT2D eigenvalue weighted by Gasteiger charge is -2.26. The molecule has 8 N–H and O–H groups in total. The SMILES string of the molecule is COc1cc(C2N=C(NC#N)Nc3nc(N)c(C#N)c(N)c32)ccc1OCC(N)=O. The zero-order valence-electron chi connectivity index (χ0n) is 15.8. The van der Waals surface area contributed by atoms with Crippen molar-refractivity contribution >= 4 is 29.2 Å². The van der Waals surface area contributed by atoms with E-state index in [1.807, 2.05) is 6.07 Å². The predicted octanol–water partition coefficient (Wildman–Crippen LogP) is -0.0680. The van der Waals surface area contributed by atoms with Crippen molar-refractivity contribution in [3.8, 4) is 23.8 Å². The molecule has 12 heteroatoms. The Kier molecular flexibility index (Phi) is 5.42. The van der Waals surface area contributed by atoms with Crippen LogP contribution in [0.2, 0.25) is 0 Å². The second-order valence-corrected chi connectivity index (χ2v) is 6.07.